The largest absolute Gasteiger partial charge is 0.383 e. The summed E-state index contributed by atoms with van der Waals surface area (Å²) in [6, 6.07) is 8.66. The number of piperidine rings is 1. The highest BCUT2D eigenvalue weighted by atomic mass is 16.1. The molecule has 0 atom stereocenters. The van der Waals surface area contributed by atoms with Gasteiger partial charge in [-0.15, -0.1) is 0 Å². The average molecular weight is 500 g/mol. The van der Waals surface area contributed by atoms with E-state index in [-0.39, 0.29) is 23.1 Å². The van der Waals surface area contributed by atoms with Crippen LogP contribution in [-0.2, 0) is 6.54 Å². The third-order valence-corrected chi connectivity index (χ3v) is 7.31. The number of nitrogens with one attached hydrogen (secondary N) is 3. The predicted octanol–water partition coefficient (Wildman–Crippen LogP) is 3.48. The first-order chi connectivity index (χ1) is 17.8. The molecule has 10 heteroatoms. The molecule has 0 aliphatic carbocycles. The average Bonchev–Trinajstić information content (AvgIpc) is 3.42. The van der Waals surface area contributed by atoms with Crippen molar-refractivity contribution in [2.75, 3.05) is 24.1 Å². The first kappa shape index (κ1) is 24.6. The molecule has 5 rings (SSSR count). The van der Waals surface area contributed by atoms with E-state index in [4.69, 9.17) is 11.1 Å². The van der Waals surface area contributed by atoms with Crippen LogP contribution in [0.1, 0.15) is 55.1 Å². The summed E-state index contributed by atoms with van der Waals surface area (Å²) >= 11 is 0. The van der Waals surface area contributed by atoms with Gasteiger partial charge in [0.1, 0.15) is 18.0 Å². The lowest BCUT2D eigenvalue weighted by Crippen LogP contribution is -2.41. The quantitative estimate of drug-likeness (QED) is 0.285. The van der Waals surface area contributed by atoms with Gasteiger partial charge < -0.3 is 20.5 Å². The van der Waals surface area contributed by atoms with Crippen LogP contribution < -0.4 is 16.6 Å². The number of anilines is 2. The normalized spacial score (nSPS) is 14.9. The summed E-state index contributed by atoms with van der Waals surface area (Å²) in [6.45, 7) is 8.70. The summed E-state index contributed by atoms with van der Waals surface area (Å²) in [4.78, 5) is 24.9. The Morgan fingerprint density at radius 3 is 2.76 bits per heavy atom. The molecule has 5 N–H and O–H groups in total. The second-order valence-electron chi connectivity index (χ2n) is 9.91. The van der Waals surface area contributed by atoms with Crippen molar-refractivity contribution in [3.05, 3.63) is 75.7 Å². The molecular weight excluding hydrogens is 466 g/mol. The first-order valence-corrected chi connectivity index (χ1v) is 12.6. The Bertz CT molecular complexity index is 1480. The van der Waals surface area contributed by atoms with Crippen molar-refractivity contribution in [1.82, 2.24) is 29.6 Å². The van der Waals surface area contributed by atoms with Gasteiger partial charge in [-0.1, -0.05) is 18.2 Å². The standard InChI is InChI=1S/C27H33N9O/c1-16(2)35-9-7-20(8-10-35)36-21(11-18-6-4-5-17(3)22(18)27(36)37)14-30-26-23(25(29)31-15-32-26)24(28)19-12-33-34-13-19/h4-6,11-13,15-16,20,28H,7-10,14H2,1-3H3,(H,33,34)(H3,29,30,31,32). The van der Waals surface area contributed by atoms with E-state index in [0.29, 0.717) is 29.5 Å². The van der Waals surface area contributed by atoms with E-state index in [9.17, 15) is 4.79 Å². The van der Waals surface area contributed by atoms with Gasteiger partial charge in [0, 0.05) is 42.6 Å². The van der Waals surface area contributed by atoms with Gasteiger partial charge in [-0.05, 0) is 50.6 Å². The number of nitrogens with zero attached hydrogens (tertiary/aromatic N) is 5. The Labute approximate surface area is 215 Å². The molecule has 0 spiro atoms. The van der Waals surface area contributed by atoms with E-state index in [1.54, 1.807) is 12.4 Å². The van der Waals surface area contributed by atoms with E-state index >= 15 is 0 Å². The highest BCUT2D eigenvalue weighted by Gasteiger charge is 2.26. The van der Waals surface area contributed by atoms with Crippen LogP contribution in [0.3, 0.4) is 0 Å². The zero-order valence-electron chi connectivity index (χ0n) is 21.5. The van der Waals surface area contributed by atoms with E-state index < -0.39 is 0 Å². The lowest BCUT2D eigenvalue weighted by Gasteiger charge is -2.36. The summed E-state index contributed by atoms with van der Waals surface area (Å²) in [5.74, 6) is 0.646. The van der Waals surface area contributed by atoms with Gasteiger partial charge in [-0.2, -0.15) is 5.10 Å². The Kier molecular flexibility index (Phi) is 6.75. The minimum atomic E-state index is 0.0453. The third kappa shape index (κ3) is 4.72. The van der Waals surface area contributed by atoms with E-state index in [1.807, 2.05) is 29.7 Å². The number of benzene rings is 1. The number of hydrogen-bond donors (Lipinski definition) is 4. The van der Waals surface area contributed by atoms with Crippen LogP contribution >= 0.6 is 0 Å². The zero-order chi connectivity index (χ0) is 26.1. The second-order valence-corrected chi connectivity index (χ2v) is 9.91. The zero-order valence-corrected chi connectivity index (χ0v) is 21.5. The fourth-order valence-electron chi connectivity index (χ4n) is 5.29. The van der Waals surface area contributed by atoms with Gasteiger partial charge in [-0.25, -0.2) is 9.97 Å². The van der Waals surface area contributed by atoms with Crippen molar-refractivity contribution in [2.24, 2.45) is 0 Å². The lowest BCUT2D eigenvalue weighted by atomic mass is 10.0. The number of aromatic nitrogens is 5. The molecule has 1 saturated heterocycles. The van der Waals surface area contributed by atoms with Crippen molar-refractivity contribution in [3.63, 3.8) is 0 Å². The Balaban J connectivity index is 1.53. The van der Waals surface area contributed by atoms with Crippen molar-refractivity contribution >= 4 is 28.1 Å². The molecule has 0 bridgehead atoms. The molecule has 0 radical (unpaired) electrons. The fourth-order valence-corrected chi connectivity index (χ4v) is 5.29. The van der Waals surface area contributed by atoms with Crippen LogP contribution in [0.25, 0.3) is 10.8 Å². The summed E-state index contributed by atoms with van der Waals surface area (Å²) in [5, 5.41) is 20.4. The maximum Gasteiger partial charge on any atom is 0.259 e. The molecule has 37 heavy (non-hydrogen) atoms. The minimum Gasteiger partial charge on any atom is -0.383 e. The van der Waals surface area contributed by atoms with Crippen LogP contribution in [0.15, 0.2) is 47.8 Å². The highest BCUT2D eigenvalue weighted by molar-refractivity contribution is 6.15. The third-order valence-electron chi connectivity index (χ3n) is 7.31. The van der Waals surface area contributed by atoms with Crippen molar-refractivity contribution in [3.8, 4) is 0 Å². The number of likely N-dealkylation sites (tertiary alicyclic amines) is 1. The number of H-pyrrole nitrogens is 1. The van der Waals surface area contributed by atoms with Crippen LogP contribution in [0.2, 0.25) is 0 Å². The topological polar surface area (TPSA) is 142 Å². The summed E-state index contributed by atoms with van der Waals surface area (Å²) in [5.41, 5.74) is 9.23. The van der Waals surface area contributed by atoms with Gasteiger partial charge in [0.15, 0.2) is 0 Å². The fraction of sp³-hybridized carbons (Fsp3) is 0.370. The molecule has 4 heterocycles. The molecule has 4 aromatic rings. The summed E-state index contributed by atoms with van der Waals surface area (Å²) in [7, 11) is 0. The lowest BCUT2D eigenvalue weighted by molar-refractivity contribution is 0.149. The van der Waals surface area contributed by atoms with Crippen molar-refractivity contribution < 1.29 is 0 Å². The number of aryl methyl sites for hydroxylation is 1. The number of nitrogens with two attached hydrogens (primary N) is 1. The van der Waals surface area contributed by atoms with E-state index in [0.717, 1.165) is 48.0 Å². The molecular formula is C27H33N9O. The number of aromatic amines is 1. The SMILES string of the molecule is Cc1cccc2cc(CNc3ncnc(N)c3C(=N)c3cn[nH]c3)n(C3CCN(C(C)C)CC3)c(=O)c12. The van der Waals surface area contributed by atoms with Gasteiger partial charge in [0.25, 0.3) is 5.56 Å². The molecule has 0 amide bonds. The highest BCUT2D eigenvalue weighted by Crippen LogP contribution is 2.28. The van der Waals surface area contributed by atoms with E-state index in [1.165, 1.54) is 6.33 Å². The summed E-state index contributed by atoms with van der Waals surface area (Å²) in [6.07, 6.45) is 6.40. The number of pyridine rings is 1. The van der Waals surface area contributed by atoms with Crippen molar-refractivity contribution in [1.29, 1.82) is 5.41 Å². The van der Waals surface area contributed by atoms with Gasteiger partial charge in [-0.3, -0.25) is 15.3 Å². The smallest absolute Gasteiger partial charge is 0.259 e. The molecule has 10 nitrogen and oxygen atoms in total. The molecule has 1 fully saturated rings. The minimum absolute atomic E-state index is 0.0453. The second kappa shape index (κ2) is 10.1. The number of fused-ring (bicyclic) bond motifs is 1. The maximum atomic E-state index is 13.9. The molecule has 1 aliphatic rings. The molecule has 1 aliphatic heterocycles. The summed E-state index contributed by atoms with van der Waals surface area (Å²) < 4.78 is 1.98. The monoisotopic (exact) mass is 499 g/mol. The molecule has 0 saturated carbocycles. The maximum absolute atomic E-state index is 13.9. The van der Waals surface area contributed by atoms with Crippen LogP contribution in [-0.4, -0.2) is 54.5 Å². The predicted molar refractivity (Wildman–Crippen MR) is 146 cm³/mol. The number of nitrogen functional groups attached to an aromatic ring is 1. The van der Waals surface area contributed by atoms with Crippen LogP contribution in [0.5, 0.6) is 0 Å². The number of rotatable bonds is 7. The van der Waals surface area contributed by atoms with Crippen molar-refractivity contribution in [2.45, 2.75) is 52.2 Å². The van der Waals surface area contributed by atoms with Gasteiger partial charge in [0.05, 0.1) is 29.4 Å². The number of hydrogen-bond acceptors (Lipinski definition) is 8. The van der Waals surface area contributed by atoms with Crippen LogP contribution in [0, 0.1) is 12.3 Å². The first-order valence-electron chi connectivity index (χ1n) is 12.6. The molecule has 3 aromatic heterocycles. The van der Waals surface area contributed by atoms with Crippen LogP contribution in [0.4, 0.5) is 11.6 Å². The van der Waals surface area contributed by atoms with Gasteiger partial charge in [0.2, 0.25) is 0 Å². The molecule has 192 valence electrons. The van der Waals surface area contributed by atoms with Gasteiger partial charge >= 0.3 is 0 Å². The Morgan fingerprint density at radius 2 is 2.05 bits per heavy atom. The Hall–Kier alpha value is -4.05. The molecule has 1 aromatic carbocycles. The molecule has 0 unspecified atom stereocenters. The van der Waals surface area contributed by atoms with E-state index in [2.05, 4.69) is 50.3 Å². The Morgan fingerprint density at radius 1 is 1.27 bits per heavy atom.